The molecule has 0 bridgehead atoms. The Morgan fingerprint density at radius 2 is 2.16 bits per heavy atom. The molecule has 2 aromatic rings. The van der Waals surface area contributed by atoms with Crippen molar-refractivity contribution in [1.82, 2.24) is 24.1 Å². The predicted molar refractivity (Wildman–Crippen MR) is 96.3 cm³/mol. The zero-order chi connectivity index (χ0) is 18.0. The minimum atomic E-state index is -3.17. The number of sulfonamides is 1. The van der Waals surface area contributed by atoms with Gasteiger partial charge >= 0.3 is 0 Å². The second-order valence-electron chi connectivity index (χ2n) is 6.30. The lowest BCUT2D eigenvalue weighted by molar-refractivity contribution is 0.402. The van der Waals surface area contributed by atoms with Crippen molar-refractivity contribution in [3.8, 4) is 0 Å². The molecule has 0 spiro atoms. The van der Waals surface area contributed by atoms with Gasteiger partial charge in [-0.25, -0.2) is 13.4 Å². The fraction of sp³-hybridized carbons (Fsp3) is 0.533. The van der Waals surface area contributed by atoms with Crippen molar-refractivity contribution in [2.75, 3.05) is 30.0 Å². The summed E-state index contributed by atoms with van der Waals surface area (Å²) in [5.74, 6) is 1.16. The second kappa shape index (κ2) is 6.96. The molecule has 1 aliphatic rings. The van der Waals surface area contributed by atoms with Gasteiger partial charge in [0.2, 0.25) is 16.0 Å². The molecule has 1 saturated heterocycles. The highest BCUT2D eigenvalue weighted by Gasteiger charge is 2.31. The van der Waals surface area contributed by atoms with Crippen molar-refractivity contribution in [2.24, 2.45) is 7.05 Å². The molecule has 2 N–H and O–H groups in total. The number of rotatable bonds is 6. The van der Waals surface area contributed by atoms with E-state index in [1.165, 1.54) is 6.26 Å². The van der Waals surface area contributed by atoms with Crippen molar-refractivity contribution in [3.05, 3.63) is 24.2 Å². The van der Waals surface area contributed by atoms with Crippen molar-refractivity contribution >= 4 is 27.5 Å². The van der Waals surface area contributed by atoms with E-state index in [9.17, 15) is 8.42 Å². The van der Waals surface area contributed by atoms with E-state index in [1.807, 2.05) is 20.2 Å². The number of aryl methyl sites for hydroxylation is 2. The molecule has 9 nitrogen and oxygen atoms in total. The summed E-state index contributed by atoms with van der Waals surface area (Å²) < 4.78 is 26.9. The summed E-state index contributed by atoms with van der Waals surface area (Å²) in [5.41, 5.74) is 1.71. The molecule has 1 atom stereocenters. The van der Waals surface area contributed by atoms with Gasteiger partial charge in [-0.05, 0) is 19.8 Å². The largest absolute Gasteiger partial charge is 0.368 e. The van der Waals surface area contributed by atoms with Gasteiger partial charge in [0, 0.05) is 44.1 Å². The lowest BCUT2D eigenvalue weighted by Gasteiger charge is -2.23. The van der Waals surface area contributed by atoms with Crippen LogP contribution in [0.5, 0.6) is 0 Å². The Bertz CT molecular complexity index is 849. The third-order valence-corrected chi connectivity index (χ3v) is 5.52. The zero-order valence-electron chi connectivity index (χ0n) is 14.6. The molecule has 1 fully saturated rings. The van der Waals surface area contributed by atoms with Gasteiger partial charge in [0.25, 0.3) is 0 Å². The maximum Gasteiger partial charge on any atom is 0.229 e. The highest BCUT2D eigenvalue weighted by atomic mass is 32.2. The second-order valence-corrected chi connectivity index (χ2v) is 8.24. The molecule has 136 valence electrons. The van der Waals surface area contributed by atoms with Crippen LogP contribution in [0.4, 0.5) is 17.5 Å². The van der Waals surface area contributed by atoms with Crippen LogP contribution >= 0.6 is 0 Å². The normalized spacial score (nSPS) is 18.4. The third-order valence-electron chi connectivity index (χ3n) is 4.19. The van der Waals surface area contributed by atoms with Crippen LogP contribution in [0.3, 0.4) is 0 Å². The minimum absolute atomic E-state index is 0.0425. The maximum absolute atomic E-state index is 11.8. The zero-order valence-corrected chi connectivity index (χ0v) is 15.4. The number of hydrogen-bond donors (Lipinski definition) is 2. The van der Waals surface area contributed by atoms with Crippen molar-refractivity contribution in [3.63, 3.8) is 0 Å². The topological polar surface area (TPSA) is 105 Å². The van der Waals surface area contributed by atoms with E-state index >= 15 is 0 Å². The molecule has 0 saturated carbocycles. The number of nitrogens with zero attached hydrogens (tertiary/aromatic N) is 5. The Labute approximate surface area is 147 Å². The molecular formula is C15H23N7O2S. The maximum atomic E-state index is 11.8. The fourth-order valence-corrected chi connectivity index (χ4v) is 4.14. The average Bonchev–Trinajstić information content (AvgIpc) is 3.16. The fourth-order valence-electron chi connectivity index (χ4n) is 2.96. The van der Waals surface area contributed by atoms with Crippen LogP contribution in [0.1, 0.15) is 18.4 Å². The molecule has 3 rings (SSSR count). The first-order chi connectivity index (χ1) is 11.8. The van der Waals surface area contributed by atoms with Crippen LogP contribution in [0.2, 0.25) is 0 Å². The van der Waals surface area contributed by atoms with Gasteiger partial charge in [0.15, 0.2) is 0 Å². The van der Waals surface area contributed by atoms with Gasteiger partial charge in [-0.1, -0.05) is 0 Å². The summed E-state index contributed by atoms with van der Waals surface area (Å²) in [6.07, 6.45) is 8.26. The number of nitrogens with one attached hydrogen (secondary N) is 2. The van der Waals surface area contributed by atoms with Crippen LogP contribution in [-0.4, -0.2) is 57.9 Å². The van der Waals surface area contributed by atoms with Crippen LogP contribution in [0.25, 0.3) is 0 Å². The third kappa shape index (κ3) is 4.26. The Morgan fingerprint density at radius 3 is 2.84 bits per heavy atom. The smallest absolute Gasteiger partial charge is 0.229 e. The summed E-state index contributed by atoms with van der Waals surface area (Å²) in [6.45, 7) is 3.03. The summed E-state index contributed by atoms with van der Waals surface area (Å²) >= 11 is 0. The van der Waals surface area contributed by atoms with Crippen molar-refractivity contribution in [2.45, 2.75) is 25.8 Å². The molecule has 0 unspecified atom stereocenters. The standard InChI is InChI=1S/C15H23N7O2S/c1-11-7-17-15(19-12-8-18-21(2)10-12)20-14(11)16-9-13-5-4-6-22(13)25(3,23)24/h7-8,10,13H,4-6,9H2,1-3H3,(H2,16,17,19,20)/t13-/m0/s1. The van der Waals surface area contributed by atoms with Gasteiger partial charge in [-0.15, -0.1) is 0 Å². The minimum Gasteiger partial charge on any atom is -0.368 e. The number of aromatic nitrogens is 4. The average molecular weight is 365 g/mol. The van der Waals surface area contributed by atoms with E-state index < -0.39 is 10.0 Å². The van der Waals surface area contributed by atoms with Gasteiger partial charge < -0.3 is 10.6 Å². The summed E-state index contributed by atoms with van der Waals surface area (Å²) in [5, 5.41) is 10.5. The van der Waals surface area contributed by atoms with E-state index in [4.69, 9.17) is 0 Å². The molecule has 2 aromatic heterocycles. The summed E-state index contributed by atoms with van der Waals surface area (Å²) in [6, 6.07) is -0.0425. The first kappa shape index (κ1) is 17.6. The van der Waals surface area contributed by atoms with Crippen LogP contribution in [0, 0.1) is 6.92 Å². The van der Waals surface area contributed by atoms with Crippen molar-refractivity contribution < 1.29 is 8.42 Å². The molecule has 0 aromatic carbocycles. The van der Waals surface area contributed by atoms with E-state index in [2.05, 4.69) is 25.7 Å². The summed E-state index contributed by atoms with van der Waals surface area (Å²) in [7, 11) is -1.34. The van der Waals surface area contributed by atoms with Crippen LogP contribution in [-0.2, 0) is 17.1 Å². The lowest BCUT2D eigenvalue weighted by Crippen LogP contribution is -2.39. The monoisotopic (exact) mass is 365 g/mol. The van der Waals surface area contributed by atoms with Gasteiger partial charge in [0.1, 0.15) is 5.82 Å². The summed E-state index contributed by atoms with van der Waals surface area (Å²) in [4.78, 5) is 8.76. The molecular weight excluding hydrogens is 342 g/mol. The SMILES string of the molecule is Cc1cnc(Nc2cnn(C)c2)nc1NC[C@@H]1CCCN1S(C)(=O)=O. The predicted octanol–water partition coefficient (Wildman–Crippen LogP) is 1.10. The molecule has 10 heteroatoms. The lowest BCUT2D eigenvalue weighted by atomic mass is 10.2. The Kier molecular flexibility index (Phi) is 4.91. The van der Waals surface area contributed by atoms with Gasteiger partial charge in [-0.3, -0.25) is 4.68 Å². The Balaban J connectivity index is 1.68. The highest BCUT2D eigenvalue weighted by molar-refractivity contribution is 7.88. The van der Waals surface area contributed by atoms with Crippen LogP contribution in [0.15, 0.2) is 18.6 Å². The Morgan fingerprint density at radius 1 is 1.36 bits per heavy atom. The molecule has 25 heavy (non-hydrogen) atoms. The van der Waals surface area contributed by atoms with Crippen LogP contribution < -0.4 is 10.6 Å². The highest BCUT2D eigenvalue weighted by Crippen LogP contribution is 2.22. The molecule has 0 aliphatic carbocycles. The first-order valence-electron chi connectivity index (χ1n) is 8.13. The van der Waals surface area contributed by atoms with E-state index in [1.54, 1.807) is 21.4 Å². The van der Waals surface area contributed by atoms with Crippen molar-refractivity contribution in [1.29, 1.82) is 0 Å². The number of hydrogen-bond acceptors (Lipinski definition) is 7. The molecule has 3 heterocycles. The van der Waals surface area contributed by atoms with Gasteiger partial charge in [-0.2, -0.15) is 14.4 Å². The van der Waals surface area contributed by atoms with E-state index in [0.29, 0.717) is 24.9 Å². The van der Waals surface area contributed by atoms with E-state index in [-0.39, 0.29) is 6.04 Å². The van der Waals surface area contributed by atoms with E-state index in [0.717, 1.165) is 24.1 Å². The molecule has 0 radical (unpaired) electrons. The first-order valence-corrected chi connectivity index (χ1v) is 9.98. The number of anilines is 3. The van der Waals surface area contributed by atoms with Gasteiger partial charge in [0.05, 0.1) is 18.1 Å². The molecule has 0 amide bonds. The quantitative estimate of drug-likeness (QED) is 0.789. The Hall–Kier alpha value is -2.20. The molecule has 1 aliphatic heterocycles.